The van der Waals surface area contributed by atoms with Crippen LogP contribution < -0.4 is 10.1 Å². The van der Waals surface area contributed by atoms with Crippen LogP contribution in [0.1, 0.15) is 20.0 Å². The molecule has 0 aliphatic carbocycles. The topological polar surface area (TPSA) is 58.6 Å². The largest absolute Gasteiger partial charge is 0.494 e. The second-order valence-electron chi connectivity index (χ2n) is 4.17. The van der Waals surface area contributed by atoms with E-state index in [0.717, 1.165) is 0 Å². The average Bonchev–Trinajstić information content (AvgIpc) is 2.50. The second kappa shape index (κ2) is 6.73. The Hall–Kier alpha value is -2.33. The van der Waals surface area contributed by atoms with Crippen molar-refractivity contribution in [3.8, 4) is 5.75 Å². The lowest BCUT2D eigenvalue weighted by atomic mass is 10.1. The van der Waals surface area contributed by atoms with Crippen LogP contribution >= 0.6 is 0 Å². The van der Waals surface area contributed by atoms with Crippen LogP contribution in [-0.4, -0.2) is 17.6 Å². The van der Waals surface area contributed by atoms with E-state index in [1.165, 1.54) is 6.07 Å². The lowest BCUT2D eigenvalue weighted by Crippen LogP contribution is -2.20. The van der Waals surface area contributed by atoms with E-state index >= 15 is 0 Å². The van der Waals surface area contributed by atoms with E-state index in [-0.39, 0.29) is 6.04 Å². The highest BCUT2D eigenvalue weighted by atomic mass is 16.5. The van der Waals surface area contributed by atoms with Gasteiger partial charge in [-0.05, 0) is 36.7 Å². The Balaban J connectivity index is 2.09. The van der Waals surface area contributed by atoms with Crippen molar-refractivity contribution in [3.05, 3.63) is 60.1 Å². The molecule has 4 heteroatoms. The predicted molar refractivity (Wildman–Crippen MR) is 77.6 cm³/mol. The van der Waals surface area contributed by atoms with Crippen molar-refractivity contribution in [2.24, 2.45) is 0 Å². The number of carbonyl (C=O) groups is 1. The van der Waals surface area contributed by atoms with Crippen molar-refractivity contribution in [2.75, 3.05) is 11.9 Å². The van der Waals surface area contributed by atoms with E-state index in [2.05, 4.69) is 5.32 Å². The molecule has 1 atom stereocenters. The van der Waals surface area contributed by atoms with Crippen molar-refractivity contribution >= 4 is 11.6 Å². The first-order valence-corrected chi connectivity index (χ1v) is 6.39. The number of hydrogen-bond donors (Lipinski definition) is 2. The molecule has 0 saturated heterocycles. The maximum atomic E-state index is 12.0. The van der Waals surface area contributed by atoms with Crippen molar-refractivity contribution in [1.29, 1.82) is 0 Å². The summed E-state index contributed by atoms with van der Waals surface area (Å²) in [5.74, 6) is 0.00275. The lowest BCUT2D eigenvalue weighted by molar-refractivity contribution is -0.124. The van der Waals surface area contributed by atoms with Gasteiger partial charge in [-0.2, -0.15) is 0 Å². The zero-order valence-corrected chi connectivity index (χ0v) is 11.2. The maximum Gasteiger partial charge on any atom is 0.257 e. The summed E-state index contributed by atoms with van der Waals surface area (Å²) in [6, 6.07) is 13.6. The van der Waals surface area contributed by atoms with Gasteiger partial charge in [0.15, 0.2) is 6.10 Å². The van der Waals surface area contributed by atoms with Gasteiger partial charge in [0.2, 0.25) is 0 Å². The zero-order valence-electron chi connectivity index (χ0n) is 12.2. The minimum Gasteiger partial charge on any atom is -0.494 e. The molecule has 2 rings (SSSR count). The maximum absolute atomic E-state index is 12.0. The molecule has 0 aromatic heterocycles. The molecule has 0 aliphatic rings. The van der Waals surface area contributed by atoms with Gasteiger partial charge in [-0.3, -0.25) is 4.79 Å². The molecule has 0 unspecified atom stereocenters. The van der Waals surface area contributed by atoms with Gasteiger partial charge in [0.05, 0.1) is 7.98 Å². The first-order chi connectivity index (χ1) is 10.1. The highest BCUT2D eigenvalue weighted by Crippen LogP contribution is 2.18. The molecular formula is C16H17NO3. The van der Waals surface area contributed by atoms with Crippen molar-refractivity contribution in [1.82, 2.24) is 0 Å². The van der Waals surface area contributed by atoms with E-state index in [1.54, 1.807) is 36.4 Å². The second-order valence-corrected chi connectivity index (χ2v) is 4.17. The molecule has 1 amide bonds. The lowest BCUT2D eigenvalue weighted by Gasteiger charge is -2.12. The Kier molecular flexibility index (Phi) is 4.27. The summed E-state index contributed by atoms with van der Waals surface area (Å²) in [6.07, 6.45) is -1.27. The number of aliphatic hydroxyl groups is 1. The van der Waals surface area contributed by atoms with E-state index in [9.17, 15) is 9.90 Å². The predicted octanol–water partition coefficient (Wildman–Crippen LogP) is 2.76. The van der Waals surface area contributed by atoms with Crippen LogP contribution in [0, 0.1) is 0 Å². The molecule has 0 bridgehead atoms. The molecule has 20 heavy (non-hydrogen) atoms. The van der Waals surface area contributed by atoms with Gasteiger partial charge in [-0.1, -0.05) is 30.3 Å². The number of carbonyl (C=O) groups excluding carboxylic acids is 1. The van der Waals surface area contributed by atoms with Crippen LogP contribution in [0.3, 0.4) is 0 Å². The molecule has 0 radical (unpaired) electrons. The summed E-state index contributed by atoms with van der Waals surface area (Å²) >= 11 is 0. The minimum atomic E-state index is -1.27. The van der Waals surface area contributed by atoms with Gasteiger partial charge in [-0.15, -0.1) is 0 Å². The fourth-order valence-electron chi connectivity index (χ4n) is 1.73. The fourth-order valence-corrected chi connectivity index (χ4v) is 1.73. The molecule has 0 spiro atoms. The van der Waals surface area contributed by atoms with E-state index in [4.69, 9.17) is 6.11 Å². The van der Waals surface area contributed by atoms with Crippen LogP contribution in [0.15, 0.2) is 54.6 Å². The SMILES string of the molecule is [2H]c1cc(OCC)ccc1NC(=O)[C@@H](O)c1ccccc1. The standard InChI is InChI=1S/C16H17NO3/c1-2-20-14-10-8-13(9-11-14)17-16(19)15(18)12-6-4-3-5-7-12/h3-11,15,18H,2H2,1H3,(H,17,19)/t15-/m0/s1/i8D. The number of benzene rings is 2. The van der Waals surface area contributed by atoms with Crippen LogP contribution in [0.4, 0.5) is 5.69 Å². The molecule has 0 heterocycles. The fraction of sp³-hybridized carbons (Fsp3) is 0.188. The summed E-state index contributed by atoms with van der Waals surface area (Å²) in [6.45, 7) is 2.37. The van der Waals surface area contributed by atoms with Crippen LogP contribution in [0.2, 0.25) is 0 Å². The summed E-state index contributed by atoms with van der Waals surface area (Å²) in [5.41, 5.74) is 0.839. The molecule has 0 fully saturated rings. The van der Waals surface area contributed by atoms with Crippen LogP contribution in [0.25, 0.3) is 0 Å². The van der Waals surface area contributed by atoms with Crippen molar-refractivity contribution in [2.45, 2.75) is 13.0 Å². The number of nitrogens with one attached hydrogen (secondary N) is 1. The Morgan fingerprint density at radius 1 is 1.30 bits per heavy atom. The molecule has 2 aromatic carbocycles. The van der Waals surface area contributed by atoms with E-state index < -0.39 is 12.0 Å². The Morgan fingerprint density at radius 3 is 2.70 bits per heavy atom. The first kappa shape index (κ1) is 12.7. The molecule has 0 aliphatic heterocycles. The third-order valence-corrected chi connectivity index (χ3v) is 2.72. The Morgan fingerprint density at radius 2 is 2.05 bits per heavy atom. The van der Waals surface area contributed by atoms with Gasteiger partial charge in [0.1, 0.15) is 5.75 Å². The van der Waals surface area contributed by atoms with Gasteiger partial charge in [0, 0.05) is 5.69 Å². The number of rotatable bonds is 5. The highest BCUT2D eigenvalue weighted by molar-refractivity contribution is 5.94. The van der Waals surface area contributed by atoms with Crippen LogP contribution in [-0.2, 0) is 4.79 Å². The Bertz CT molecular complexity index is 616. The molecule has 2 aromatic rings. The van der Waals surface area contributed by atoms with E-state index in [1.807, 2.05) is 13.0 Å². The number of aliphatic hydroxyl groups excluding tert-OH is 1. The smallest absolute Gasteiger partial charge is 0.257 e. The summed E-state index contributed by atoms with van der Waals surface area (Å²) in [4.78, 5) is 12.0. The van der Waals surface area contributed by atoms with E-state index in [0.29, 0.717) is 23.6 Å². The number of anilines is 1. The zero-order chi connectivity index (χ0) is 15.2. The number of amides is 1. The van der Waals surface area contributed by atoms with Crippen molar-refractivity contribution in [3.63, 3.8) is 0 Å². The van der Waals surface area contributed by atoms with Crippen molar-refractivity contribution < 1.29 is 16.0 Å². The van der Waals surface area contributed by atoms with Gasteiger partial charge < -0.3 is 15.2 Å². The molecular weight excluding hydrogens is 254 g/mol. The number of hydrogen-bond acceptors (Lipinski definition) is 3. The average molecular weight is 272 g/mol. The third kappa shape index (κ3) is 3.59. The quantitative estimate of drug-likeness (QED) is 0.880. The van der Waals surface area contributed by atoms with Gasteiger partial charge in [-0.25, -0.2) is 0 Å². The summed E-state index contributed by atoms with van der Waals surface area (Å²) < 4.78 is 13.1. The third-order valence-electron chi connectivity index (χ3n) is 2.72. The number of ether oxygens (including phenoxy) is 1. The summed E-state index contributed by atoms with van der Waals surface area (Å²) in [7, 11) is 0. The molecule has 4 nitrogen and oxygen atoms in total. The summed E-state index contributed by atoms with van der Waals surface area (Å²) in [5, 5.41) is 12.5. The van der Waals surface area contributed by atoms with Gasteiger partial charge in [0.25, 0.3) is 5.91 Å². The normalized spacial score (nSPS) is 12.4. The van der Waals surface area contributed by atoms with Crippen LogP contribution in [0.5, 0.6) is 5.75 Å². The highest BCUT2D eigenvalue weighted by Gasteiger charge is 2.16. The molecule has 104 valence electrons. The molecule has 0 saturated carbocycles. The minimum absolute atomic E-state index is 0.134. The monoisotopic (exact) mass is 272 g/mol. The first-order valence-electron chi connectivity index (χ1n) is 6.89. The molecule has 2 N–H and O–H groups in total. The Labute approximate surface area is 119 Å². The van der Waals surface area contributed by atoms with Gasteiger partial charge >= 0.3 is 0 Å².